The van der Waals surface area contributed by atoms with Crippen LogP contribution < -0.4 is 0 Å². The second kappa shape index (κ2) is 8.15. The first-order valence-corrected chi connectivity index (χ1v) is 10.3. The van der Waals surface area contributed by atoms with Gasteiger partial charge in [0.05, 0.1) is 0 Å². The summed E-state index contributed by atoms with van der Waals surface area (Å²) in [5, 5.41) is 13.2. The van der Waals surface area contributed by atoms with Crippen LogP contribution in [0, 0.1) is 0 Å². The third-order valence-corrected chi connectivity index (χ3v) is 6.63. The Kier molecular flexibility index (Phi) is 5.47. The van der Waals surface area contributed by atoms with Gasteiger partial charge >= 0.3 is 0 Å². The van der Waals surface area contributed by atoms with Crippen molar-refractivity contribution in [1.29, 1.82) is 0 Å². The Balaban J connectivity index is 1.27. The standard InChI is InChI=1S/C23H25NOS/c25-22-7-3-4-8-23(22)26-21-12-15-24(16-13-21)14-11-18-9-10-19-5-1-2-6-20(19)17-18/h1-10,17,21,25H,11-16H2. The molecule has 0 aliphatic carbocycles. The Labute approximate surface area is 159 Å². The average molecular weight is 364 g/mol. The van der Waals surface area contributed by atoms with Gasteiger partial charge in [-0.05, 0) is 60.8 Å². The van der Waals surface area contributed by atoms with E-state index in [0.717, 1.165) is 31.0 Å². The molecular weight excluding hydrogens is 338 g/mol. The molecule has 0 saturated carbocycles. The number of fused-ring (bicyclic) bond motifs is 1. The van der Waals surface area contributed by atoms with E-state index in [1.54, 1.807) is 6.07 Å². The molecule has 3 aromatic carbocycles. The normalized spacial score (nSPS) is 16.2. The van der Waals surface area contributed by atoms with Crippen LogP contribution in [0.15, 0.2) is 71.6 Å². The Morgan fingerprint density at radius 3 is 2.42 bits per heavy atom. The van der Waals surface area contributed by atoms with Gasteiger partial charge in [-0.2, -0.15) is 0 Å². The summed E-state index contributed by atoms with van der Waals surface area (Å²) in [7, 11) is 0. The molecule has 0 unspecified atom stereocenters. The number of hydrogen-bond acceptors (Lipinski definition) is 3. The fourth-order valence-corrected chi connectivity index (χ4v) is 4.82. The summed E-state index contributed by atoms with van der Waals surface area (Å²) >= 11 is 1.83. The van der Waals surface area contributed by atoms with E-state index < -0.39 is 0 Å². The van der Waals surface area contributed by atoms with Gasteiger partial charge in [0, 0.05) is 16.7 Å². The van der Waals surface area contributed by atoms with E-state index in [4.69, 9.17) is 0 Å². The van der Waals surface area contributed by atoms with Gasteiger partial charge in [-0.1, -0.05) is 54.6 Å². The molecular formula is C23H25NOS. The number of likely N-dealkylation sites (tertiary alicyclic amines) is 1. The summed E-state index contributed by atoms with van der Waals surface area (Å²) < 4.78 is 0. The third-order valence-electron chi connectivity index (χ3n) is 5.22. The molecule has 1 aliphatic rings. The molecule has 1 saturated heterocycles. The lowest BCUT2D eigenvalue weighted by atomic mass is 10.0. The van der Waals surface area contributed by atoms with Crippen LogP contribution in [0.3, 0.4) is 0 Å². The number of rotatable bonds is 5. The fraction of sp³-hybridized carbons (Fsp3) is 0.304. The Morgan fingerprint density at radius 1 is 0.885 bits per heavy atom. The lowest BCUT2D eigenvalue weighted by molar-refractivity contribution is 0.235. The minimum absolute atomic E-state index is 0.413. The molecule has 1 aliphatic heterocycles. The van der Waals surface area contributed by atoms with E-state index in [1.807, 2.05) is 30.0 Å². The Morgan fingerprint density at radius 2 is 1.62 bits per heavy atom. The van der Waals surface area contributed by atoms with E-state index in [0.29, 0.717) is 11.0 Å². The van der Waals surface area contributed by atoms with Gasteiger partial charge in [0.2, 0.25) is 0 Å². The van der Waals surface area contributed by atoms with Crippen LogP contribution in [-0.2, 0) is 6.42 Å². The summed E-state index contributed by atoms with van der Waals surface area (Å²) in [6.45, 7) is 3.43. The maximum atomic E-state index is 9.95. The number of phenolic OH excluding ortho intramolecular Hbond substituents is 1. The van der Waals surface area contributed by atoms with Gasteiger partial charge in [-0.15, -0.1) is 11.8 Å². The molecule has 2 nitrogen and oxygen atoms in total. The quantitative estimate of drug-likeness (QED) is 0.661. The van der Waals surface area contributed by atoms with Crippen molar-refractivity contribution in [1.82, 2.24) is 4.90 Å². The minimum Gasteiger partial charge on any atom is -0.507 e. The topological polar surface area (TPSA) is 23.5 Å². The van der Waals surface area contributed by atoms with Crippen molar-refractivity contribution in [3.05, 3.63) is 72.3 Å². The Bertz CT molecular complexity index is 871. The molecule has 0 atom stereocenters. The molecule has 1 fully saturated rings. The number of piperidine rings is 1. The van der Waals surface area contributed by atoms with Crippen LogP contribution >= 0.6 is 11.8 Å². The van der Waals surface area contributed by atoms with Crippen LogP contribution in [0.2, 0.25) is 0 Å². The lowest BCUT2D eigenvalue weighted by Gasteiger charge is -2.31. The molecule has 3 heteroatoms. The number of para-hydroxylation sites is 1. The summed E-state index contributed by atoms with van der Waals surface area (Å²) in [6.07, 6.45) is 3.50. The Hall–Kier alpha value is -1.97. The number of phenols is 1. The molecule has 1 heterocycles. The second-order valence-electron chi connectivity index (χ2n) is 7.06. The minimum atomic E-state index is 0.413. The maximum absolute atomic E-state index is 9.95. The molecule has 0 bridgehead atoms. The number of hydrogen-bond donors (Lipinski definition) is 1. The maximum Gasteiger partial charge on any atom is 0.129 e. The number of thioether (sulfide) groups is 1. The monoisotopic (exact) mass is 363 g/mol. The van der Waals surface area contributed by atoms with Gasteiger partial charge < -0.3 is 10.0 Å². The summed E-state index contributed by atoms with van der Waals surface area (Å²) in [4.78, 5) is 3.60. The van der Waals surface area contributed by atoms with Crippen molar-refractivity contribution in [2.45, 2.75) is 29.4 Å². The van der Waals surface area contributed by atoms with Gasteiger partial charge in [-0.25, -0.2) is 0 Å². The highest BCUT2D eigenvalue weighted by Gasteiger charge is 2.20. The van der Waals surface area contributed by atoms with E-state index in [2.05, 4.69) is 47.4 Å². The first kappa shape index (κ1) is 17.4. The van der Waals surface area contributed by atoms with E-state index in [1.165, 1.54) is 29.2 Å². The van der Waals surface area contributed by atoms with Crippen molar-refractivity contribution >= 4 is 22.5 Å². The van der Waals surface area contributed by atoms with Crippen LogP contribution in [0.5, 0.6) is 5.75 Å². The first-order chi connectivity index (χ1) is 12.8. The zero-order chi connectivity index (χ0) is 17.8. The van der Waals surface area contributed by atoms with Crippen LogP contribution in [0.25, 0.3) is 10.8 Å². The largest absolute Gasteiger partial charge is 0.507 e. The molecule has 0 spiro atoms. The lowest BCUT2D eigenvalue weighted by Crippen LogP contribution is -2.36. The zero-order valence-corrected chi connectivity index (χ0v) is 15.8. The van der Waals surface area contributed by atoms with E-state index >= 15 is 0 Å². The highest BCUT2D eigenvalue weighted by molar-refractivity contribution is 8.00. The van der Waals surface area contributed by atoms with E-state index in [9.17, 15) is 5.11 Å². The van der Waals surface area contributed by atoms with Crippen molar-refractivity contribution in [3.8, 4) is 5.75 Å². The van der Waals surface area contributed by atoms with Gasteiger partial charge in [-0.3, -0.25) is 0 Å². The van der Waals surface area contributed by atoms with Gasteiger partial charge in [0.25, 0.3) is 0 Å². The molecule has 134 valence electrons. The van der Waals surface area contributed by atoms with Crippen molar-refractivity contribution in [3.63, 3.8) is 0 Å². The summed E-state index contributed by atoms with van der Waals surface area (Å²) in [5.74, 6) is 0.413. The summed E-state index contributed by atoms with van der Waals surface area (Å²) in [5.41, 5.74) is 1.43. The summed E-state index contributed by atoms with van der Waals surface area (Å²) in [6, 6.07) is 23.1. The van der Waals surface area contributed by atoms with Gasteiger partial charge in [0.1, 0.15) is 5.75 Å². The number of aromatic hydroxyl groups is 1. The average Bonchev–Trinajstić information content (AvgIpc) is 2.69. The molecule has 0 aromatic heterocycles. The first-order valence-electron chi connectivity index (χ1n) is 9.42. The van der Waals surface area contributed by atoms with Crippen LogP contribution in [-0.4, -0.2) is 34.9 Å². The molecule has 1 N–H and O–H groups in total. The van der Waals surface area contributed by atoms with Crippen molar-refractivity contribution in [2.24, 2.45) is 0 Å². The second-order valence-corrected chi connectivity index (χ2v) is 8.40. The number of benzene rings is 3. The highest BCUT2D eigenvalue weighted by Crippen LogP contribution is 2.35. The molecule has 0 amide bonds. The van der Waals surface area contributed by atoms with Crippen LogP contribution in [0.1, 0.15) is 18.4 Å². The smallest absolute Gasteiger partial charge is 0.129 e. The molecule has 26 heavy (non-hydrogen) atoms. The zero-order valence-electron chi connectivity index (χ0n) is 15.0. The van der Waals surface area contributed by atoms with Gasteiger partial charge in [0.15, 0.2) is 0 Å². The SMILES string of the molecule is Oc1ccccc1SC1CCN(CCc2ccc3ccccc3c2)CC1. The van der Waals surface area contributed by atoms with E-state index in [-0.39, 0.29) is 0 Å². The fourth-order valence-electron chi connectivity index (χ4n) is 3.67. The third kappa shape index (κ3) is 4.22. The highest BCUT2D eigenvalue weighted by atomic mass is 32.2. The molecule has 3 aromatic rings. The molecule has 0 radical (unpaired) electrons. The number of nitrogens with zero attached hydrogens (tertiary/aromatic N) is 1. The van der Waals surface area contributed by atoms with Crippen molar-refractivity contribution in [2.75, 3.05) is 19.6 Å². The molecule has 4 rings (SSSR count). The predicted molar refractivity (Wildman–Crippen MR) is 111 cm³/mol. The predicted octanol–water partition coefficient (Wildman–Crippen LogP) is 5.34. The van der Waals surface area contributed by atoms with Crippen molar-refractivity contribution < 1.29 is 5.11 Å². The van der Waals surface area contributed by atoms with Crippen LogP contribution in [0.4, 0.5) is 0 Å².